The van der Waals surface area contributed by atoms with Gasteiger partial charge in [0.25, 0.3) is 0 Å². The maximum Gasteiger partial charge on any atom is -0.0122 e. The molecule has 3 rings (SSSR count). The van der Waals surface area contributed by atoms with E-state index in [-0.39, 0.29) is 0 Å². The fourth-order valence-electron chi connectivity index (χ4n) is 2.52. The number of hydrogen-bond acceptors (Lipinski definition) is 0. The molecule has 0 N–H and O–H groups in total. The van der Waals surface area contributed by atoms with E-state index >= 15 is 0 Å². The smallest absolute Gasteiger partial charge is 0.0122 e. The molecule has 2 aliphatic rings. The second-order valence-electron chi connectivity index (χ2n) is 4.23. The lowest BCUT2D eigenvalue weighted by molar-refractivity contribution is 0.588. The van der Waals surface area contributed by atoms with Gasteiger partial charge in [0.05, 0.1) is 0 Å². The molecule has 1 aromatic carbocycles. The largest absolute Gasteiger partial charge is 0.0876 e. The Morgan fingerprint density at radius 3 is 3.00 bits per heavy atom. The number of hydrogen-bond donors (Lipinski definition) is 0. The Kier molecular flexibility index (Phi) is 1.80. The highest BCUT2D eigenvalue weighted by molar-refractivity contribution is 5.61. The Morgan fingerprint density at radius 1 is 1.07 bits per heavy atom. The van der Waals surface area contributed by atoms with Gasteiger partial charge in [-0.1, -0.05) is 48.1 Å². The number of fused-ring (bicyclic) bond motifs is 2. The molecule has 0 fully saturated rings. The van der Waals surface area contributed by atoms with E-state index in [0.717, 1.165) is 5.92 Å². The van der Waals surface area contributed by atoms with Gasteiger partial charge in [-0.25, -0.2) is 0 Å². The molecule has 0 heterocycles. The van der Waals surface area contributed by atoms with E-state index in [1.165, 1.54) is 30.4 Å². The molecule has 1 atom stereocenters. The molecular weight excluding hydrogens is 168 g/mol. The van der Waals surface area contributed by atoms with Crippen LogP contribution in [0, 0.1) is 5.92 Å². The van der Waals surface area contributed by atoms with Gasteiger partial charge in [0, 0.05) is 0 Å². The third-order valence-corrected chi connectivity index (χ3v) is 3.33. The maximum absolute atomic E-state index is 2.40. The van der Waals surface area contributed by atoms with E-state index < -0.39 is 0 Å². The van der Waals surface area contributed by atoms with Crippen molar-refractivity contribution in [2.24, 2.45) is 5.92 Å². The predicted octanol–water partition coefficient (Wildman–Crippen LogP) is 3.59. The van der Waals surface area contributed by atoms with Crippen LogP contribution in [0.1, 0.15) is 24.0 Å². The van der Waals surface area contributed by atoms with Gasteiger partial charge in [-0.05, 0) is 36.3 Å². The molecule has 0 nitrogen and oxygen atoms in total. The quantitative estimate of drug-likeness (QED) is 0.538. The molecule has 0 amide bonds. The summed E-state index contributed by atoms with van der Waals surface area (Å²) in [7, 11) is 0. The van der Waals surface area contributed by atoms with E-state index in [0.29, 0.717) is 0 Å². The van der Waals surface area contributed by atoms with Crippen LogP contribution in [0.25, 0.3) is 6.08 Å². The molecule has 0 heteroatoms. The lowest BCUT2D eigenvalue weighted by Crippen LogP contribution is -2.14. The monoisotopic (exact) mass is 182 g/mol. The minimum absolute atomic E-state index is 0.787. The lowest BCUT2D eigenvalue weighted by Gasteiger charge is -2.27. The predicted molar refractivity (Wildman–Crippen MR) is 60.0 cm³/mol. The topological polar surface area (TPSA) is 0 Å². The zero-order chi connectivity index (χ0) is 9.38. The van der Waals surface area contributed by atoms with Crippen LogP contribution in [-0.2, 0) is 6.42 Å². The zero-order valence-corrected chi connectivity index (χ0v) is 8.24. The van der Waals surface area contributed by atoms with Crippen molar-refractivity contribution in [3.05, 3.63) is 53.1 Å². The minimum atomic E-state index is 0.787. The summed E-state index contributed by atoms with van der Waals surface area (Å²) in [5.74, 6) is 0.787. The highest BCUT2D eigenvalue weighted by atomic mass is 14.3. The minimum Gasteiger partial charge on any atom is -0.0876 e. The van der Waals surface area contributed by atoms with Crippen molar-refractivity contribution in [1.82, 2.24) is 0 Å². The van der Waals surface area contributed by atoms with Gasteiger partial charge >= 0.3 is 0 Å². The average Bonchev–Trinajstić information content (AvgIpc) is 2.26. The summed E-state index contributed by atoms with van der Waals surface area (Å²) in [4.78, 5) is 0. The molecule has 0 aliphatic heterocycles. The van der Waals surface area contributed by atoms with Crippen LogP contribution in [0.2, 0.25) is 0 Å². The fraction of sp³-hybridized carbons (Fsp3) is 0.286. The van der Waals surface area contributed by atoms with Crippen molar-refractivity contribution in [3.8, 4) is 0 Å². The molecule has 2 aliphatic carbocycles. The Balaban J connectivity index is 2.07. The molecule has 0 saturated carbocycles. The van der Waals surface area contributed by atoms with E-state index in [1.54, 1.807) is 5.57 Å². The molecule has 0 saturated heterocycles. The molecular formula is C14H14. The average molecular weight is 182 g/mol. The van der Waals surface area contributed by atoms with Crippen LogP contribution in [0.15, 0.2) is 42.0 Å². The fourth-order valence-corrected chi connectivity index (χ4v) is 2.52. The van der Waals surface area contributed by atoms with Gasteiger partial charge in [0.2, 0.25) is 0 Å². The van der Waals surface area contributed by atoms with Gasteiger partial charge in [0.15, 0.2) is 0 Å². The Labute approximate surface area is 85.0 Å². The standard InChI is InChI=1S/C14H14/c1-2-6-12-10-14-8-4-3-7-13(14)9-11(12)5-1/h1-6,9,14H,7-8,10H2. The Bertz CT molecular complexity index is 410. The number of allylic oxidation sites excluding steroid dienone is 3. The first-order valence-corrected chi connectivity index (χ1v) is 5.37. The first kappa shape index (κ1) is 8.05. The normalized spacial score (nSPS) is 23.7. The summed E-state index contributed by atoms with van der Waals surface area (Å²) in [6.07, 6.45) is 10.7. The van der Waals surface area contributed by atoms with Gasteiger partial charge in [-0.3, -0.25) is 0 Å². The zero-order valence-electron chi connectivity index (χ0n) is 8.24. The van der Waals surface area contributed by atoms with E-state index in [4.69, 9.17) is 0 Å². The molecule has 1 aromatic rings. The third kappa shape index (κ3) is 1.22. The molecule has 1 unspecified atom stereocenters. The van der Waals surface area contributed by atoms with E-state index in [1.807, 2.05) is 0 Å². The van der Waals surface area contributed by atoms with Crippen LogP contribution in [0.3, 0.4) is 0 Å². The molecule has 0 aromatic heterocycles. The summed E-state index contributed by atoms with van der Waals surface area (Å²) in [6, 6.07) is 8.78. The van der Waals surface area contributed by atoms with Crippen molar-refractivity contribution < 1.29 is 0 Å². The van der Waals surface area contributed by atoms with Crippen molar-refractivity contribution >= 4 is 6.08 Å². The van der Waals surface area contributed by atoms with Crippen molar-refractivity contribution in [2.75, 3.05) is 0 Å². The first-order valence-electron chi connectivity index (χ1n) is 5.37. The van der Waals surface area contributed by atoms with Crippen molar-refractivity contribution in [2.45, 2.75) is 19.3 Å². The third-order valence-electron chi connectivity index (χ3n) is 3.33. The number of benzene rings is 1. The van der Waals surface area contributed by atoms with Gasteiger partial charge in [0.1, 0.15) is 0 Å². The Hall–Kier alpha value is -1.30. The summed E-state index contributed by atoms with van der Waals surface area (Å²) in [5.41, 5.74) is 4.59. The number of rotatable bonds is 0. The molecule has 0 bridgehead atoms. The van der Waals surface area contributed by atoms with Crippen LogP contribution >= 0.6 is 0 Å². The van der Waals surface area contributed by atoms with Crippen LogP contribution < -0.4 is 0 Å². The van der Waals surface area contributed by atoms with Crippen molar-refractivity contribution in [3.63, 3.8) is 0 Å². The summed E-state index contributed by atoms with van der Waals surface area (Å²) in [6.45, 7) is 0. The second kappa shape index (κ2) is 3.13. The highest BCUT2D eigenvalue weighted by Crippen LogP contribution is 2.35. The highest BCUT2D eigenvalue weighted by Gasteiger charge is 2.20. The van der Waals surface area contributed by atoms with Gasteiger partial charge in [-0.2, -0.15) is 0 Å². The second-order valence-corrected chi connectivity index (χ2v) is 4.23. The van der Waals surface area contributed by atoms with Gasteiger partial charge < -0.3 is 0 Å². The van der Waals surface area contributed by atoms with Crippen molar-refractivity contribution in [1.29, 1.82) is 0 Å². The van der Waals surface area contributed by atoms with Crippen LogP contribution in [-0.4, -0.2) is 0 Å². The molecule has 0 radical (unpaired) electrons. The summed E-state index contributed by atoms with van der Waals surface area (Å²) >= 11 is 0. The van der Waals surface area contributed by atoms with E-state index in [9.17, 15) is 0 Å². The summed E-state index contributed by atoms with van der Waals surface area (Å²) < 4.78 is 0. The molecule has 14 heavy (non-hydrogen) atoms. The summed E-state index contributed by atoms with van der Waals surface area (Å²) in [5, 5.41) is 0. The first-order chi connectivity index (χ1) is 6.93. The molecule has 70 valence electrons. The SMILES string of the molecule is C1=CCC2Cc3ccccc3C=C2C1. The van der Waals surface area contributed by atoms with Crippen LogP contribution in [0.4, 0.5) is 0 Å². The lowest BCUT2D eigenvalue weighted by atomic mass is 9.78. The van der Waals surface area contributed by atoms with Crippen LogP contribution in [0.5, 0.6) is 0 Å². The Morgan fingerprint density at radius 2 is 2.00 bits per heavy atom. The van der Waals surface area contributed by atoms with E-state index in [2.05, 4.69) is 42.5 Å². The molecule has 0 spiro atoms. The van der Waals surface area contributed by atoms with Gasteiger partial charge in [-0.15, -0.1) is 0 Å². The maximum atomic E-state index is 2.40.